The second-order valence-electron chi connectivity index (χ2n) is 5.73. The van der Waals surface area contributed by atoms with Crippen molar-refractivity contribution in [3.05, 3.63) is 88.2 Å². The highest BCUT2D eigenvalue weighted by molar-refractivity contribution is 9.10. The van der Waals surface area contributed by atoms with Crippen molar-refractivity contribution in [3.63, 3.8) is 0 Å². The van der Waals surface area contributed by atoms with Gasteiger partial charge in [-0.3, -0.25) is 4.79 Å². The molecule has 6 heteroatoms. The van der Waals surface area contributed by atoms with Crippen molar-refractivity contribution in [1.29, 1.82) is 0 Å². The third kappa shape index (κ3) is 4.14. The largest absolute Gasteiger partial charge is 0.342 e. The zero-order valence-electron chi connectivity index (χ0n) is 13.6. The summed E-state index contributed by atoms with van der Waals surface area (Å²) in [6.07, 6.45) is 3.70. The fourth-order valence-corrected chi connectivity index (χ4v) is 3.07. The van der Waals surface area contributed by atoms with Gasteiger partial charge in [0, 0.05) is 19.4 Å². The highest BCUT2D eigenvalue weighted by atomic mass is 79.9. The standard InChI is InChI=1S/C19H17BrFN3O/c1-24-10-9-22-19(24)18(14-5-3-2-4-6-14)23-17(25)12-13-7-8-16(21)15(20)11-13/h2-11,18H,12H2,1H3,(H,23,25). The lowest BCUT2D eigenvalue weighted by Crippen LogP contribution is -2.32. The molecule has 1 amide bonds. The van der Waals surface area contributed by atoms with Crippen LogP contribution in [0.1, 0.15) is 23.0 Å². The van der Waals surface area contributed by atoms with Gasteiger partial charge in [-0.25, -0.2) is 9.37 Å². The predicted molar refractivity (Wildman–Crippen MR) is 97.4 cm³/mol. The Bertz CT molecular complexity index is 879. The molecule has 1 N–H and O–H groups in total. The first-order valence-electron chi connectivity index (χ1n) is 7.80. The van der Waals surface area contributed by atoms with Gasteiger partial charge in [-0.1, -0.05) is 36.4 Å². The third-order valence-electron chi connectivity index (χ3n) is 3.90. The summed E-state index contributed by atoms with van der Waals surface area (Å²) in [5, 5.41) is 3.03. The quantitative estimate of drug-likeness (QED) is 0.707. The first-order chi connectivity index (χ1) is 12.0. The number of nitrogens with zero attached hydrogens (tertiary/aromatic N) is 2. The molecule has 1 atom stereocenters. The van der Waals surface area contributed by atoms with Gasteiger partial charge in [0.05, 0.1) is 10.9 Å². The number of aryl methyl sites for hydroxylation is 1. The van der Waals surface area contributed by atoms with Crippen LogP contribution in [0.15, 0.2) is 65.4 Å². The molecule has 0 aliphatic heterocycles. The number of hydrogen-bond acceptors (Lipinski definition) is 2. The average Bonchev–Trinajstić information content (AvgIpc) is 3.03. The zero-order valence-corrected chi connectivity index (χ0v) is 15.2. The van der Waals surface area contributed by atoms with Crippen molar-refractivity contribution in [2.45, 2.75) is 12.5 Å². The van der Waals surface area contributed by atoms with Crippen LogP contribution in [0.25, 0.3) is 0 Å². The fourth-order valence-electron chi connectivity index (χ4n) is 2.64. The van der Waals surface area contributed by atoms with Crippen LogP contribution in [0.4, 0.5) is 4.39 Å². The summed E-state index contributed by atoms with van der Waals surface area (Å²) in [4.78, 5) is 16.9. The molecular weight excluding hydrogens is 385 g/mol. The summed E-state index contributed by atoms with van der Waals surface area (Å²) in [7, 11) is 1.89. The third-order valence-corrected chi connectivity index (χ3v) is 4.51. The molecule has 0 aliphatic rings. The number of aromatic nitrogens is 2. The second kappa shape index (κ2) is 7.61. The molecule has 0 saturated heterocycles. The van der Waals surface area contributed by atoms with Crippen molar-refractivity contribution < 1.29 is 9.18 Å². The number of nitrogens with one attached hydrogen (secondary N) is 1. The molecule has 0 bridgehead atoms. The molecule has 0 aliphatic carbocycles. The van der Waals surface area contributed by atoms with Crippen LogP contribution in [0.3, 0.4) is 0 Å². The van der Waals surface area contributed by atoms with E-state index in [2.05, 4.69) is 26.2 Å². The van der Waals surface area contributed by atoms with E-state index >= 15 is 0 Å². The Morgan fingerprint density at radius 1 is 1.28 bits per heavy atom. The van der Waals surface area contributed by atoms with Gasteiger partial charge in [0.15, 0.2) is 0 Å². The van der Waals surface area contributed by atoms with Crippen molar-refractivity contribution in [2.24, 2.45) is 7.05 Å². The molecule has 4 nitrogen and oxygen atoms in total. The van der Waals surface area contributed by atoms with E-state index in [4.69, 9.17) is 0 Å². The number of halogens is 2. The molecule has 0 spiro atoms. The number of carbonyl (C=O) groups is 1. The molecule has 3 rings (SSSR count). The lowest BCUT2D eigenvalue weighted by molar-refractivity contribution is -0.121. The van der Waals surface area contributed by atoms with Gasteiger partial charge < -0.3 is 9.88 Å². The van der Waals surface area contributed by atoms with Crippen molar-refractivity contribution in [3.8, 4) is 0 Å². The maximum Gasteiger partial charge on any atom is 0.225 e. The van der Waals surface area contributed by atoms with Gasteiger partial charge in [0.1, 0.15) is 17.7 Å². The summed E-state index contributed by atoms with van der Waals surface area (Å²) < 4.78 is 15.6. The summed E-state index contributed by atoms with van der Waals surface area (Å²) in [6.45, 7) is 0. The molecule has 3 aromatic rings. The lowest BCUT2D eigenvalue weighted by Gasteiger charge is -2.19. The number of imidazole rings is 1. The van der Waals surface area contributed by atoms with Crippen LogP contribution in [0, 0.1) is 5.82 Å². The van der Waals surface area contributed by atoms with Gasteiger partial charge in [0.25, 0.3) is 0 Å². The minimum absolute atomic E-state index is 0.157. The SMILES string of the molecule is Cn1ccnc1C(NC(=O)Cc1ccc(F)c(Br)c1)c1ccccc1. The first kappa shape index (κ1) is 17.4. The lowest BCUT2D eigenvalue weighted by atomic mass is 10.1. The highest BCUT2D eigenvalue weighted by Crippen LogP contribution is 2.21. The highest BCUT2D eigenvalue weighted by Gasteiger charge is 2.20. The molecule has 25 heavy (non-hydrogen) atoms. The van der Waals surface area contributed by atoms with Crippen molar-refractivity contribution >= 4 is 21.8 Å². The van der Waals surface area contributed by atoms with E-state index in [-0.39, 0.29) is 24.2 Å². The Morgan fingerprint density at radius 2 is 2.04 bits per heavy atom. The average molecular weight is 402 g/mol. The van der Waals surface area contributed by atoms with Crippen LogP contribution in [-0.4, -0.2) is 15.5 Å². The van der Waals surface area contributed by atoms with Crippen LogP contribution >= 0.6 is 15.9 Å². The second-order valence-corrected chi connectivity index (χ2v) is 6.59. The van der Waals surface area contributed by atoms with E-state index in [0.717, 1.165) is 17.0 Å². The molecule has 2 aromatic carbocycles. The Morgan fingerprint density at radius 3 is 2.68 bits per heavy atom. The van der Waals surface area contributed by atoms with E-state index in [0.29, 0.717) is 4.47 Å². The van der Waals surface area contributed by atoms with Crippen LogP contribution < -0.4 is 5.32 Å². The van der Waals surface area contributed by atoms with Crippen LogP contribution in [-0.2, 0) is 18.3 Å². The summed E-state index contributed by atoms with van der Waals surface area (Å²) in [6, 6.07) is 13.9. The van der Waals surface area contributed by atoms with Gasteiger partial charge in [0.2, 0.25) is 5.91 Å². The first-order valence-corrected chi connectivity index (χ1v) is 8.59. The molecule has 1 heterocycles. The van der Waals surface area contributed by atoms with Gasteiger partial charge >= 0.3 is 0 Å². The van der Waals surface area contributed by atoms with Gasteiger partial charge in [-0.05, 0) is 39.2 Å². The predicted octanol–water partition coefficient (Wildman–Crippen LogP) is 3.77. The van der Waals surface area contributed by atoms with Crippen LogP contribution in [0.2, 0.25) is 0 Å². The van der Waals surface area contributed by atoms with Gasteiger partial charge in [-0.2, -0.15) is 0 Å². The van der Waals surface area contributed by atoms with E-state index in [1.807, 2.05) is 48.1 Å². The normalized spacial score (nSPS) is 12.0. The zero-order chi connectivity index (χ0) is 17.8. The smallest absolute Gasteiger partial charge is 0.225 e. The molecule has 128 valence electrons. The summed E-state index contributed by atoms with van der Waals surface area (Å²) in [5.74, 6) is 0.245. The van der Waals surface area contributed by atoms with Gasteiger partial charge in [-0.15, -0.1) is 0 Å². The number of carbonyl (C=O) groups excluding carboxylic acids is 1. The van der Waals surface area contributed by atoms with E-state index in [1.165, 1.54) is 6.07 Å². The van der Waals surface area contributed by atoms with E-state index in [9.17, 15) is 9.18 Å². The van der Waals surface area contributed by atoms with Crippen molar-refractivity contribution in [2.75, 3.05) is 0 Å². The minimum Gasteiger partial charge on any atom is -0.342 e. The number of rotatable bonds is 5. The minimum atomic E-state index is -0.349. The maximum absolute atomic E-state index is 13.3. The molecule has 0 radical (unpaired) electrons. The van der Waals surface area contributed by atoms with E-state index < -0.39 is 0 Å². The molecular formula is C19H17BrFN3O. The summed E-state index contributed by atoms with van der Waals surface area (Å²) >= 11 is 3.14. The van der Waals surface area contributed by atoms with Crippen LogP contribution in [0.5, 0.6) is 0 Å². The van der Waals surface area contributed by atoms with Crippen molar-refractivity contribution in [1.82, 2.24) is 14.9 Å². The summed E-state index contributed by atoms with van der Waals surface area (Å²) in [5.41, 5.74) is 1.68. The van der Waals surface area contributed by atoms with E-state index in [1.54, 1.807) is 18.3 Å². The topological polar surface area (TPSA) is 46.9 Å². The molecule has 0 fully saturated rings. The molecule has 0 saturated carbocycles. The fraction of sp³-hybridized carbons (Fsp3) is 0.158. The number of benzene rings is 2. The Hall–Kier alpha value is -2.47. The number of amides is 1. The number of hydrogen-bond donors (Lipinski definition) is 1. The monoisotopic (exact) mass is 401 g/mol. The maximum atomic E-state index is 13.3. The Kier molecular flexibility index (Phi) is 5.28. The molecule has 1 unspecified atom stereocenters. The molecule has 1 aromatic heterocycles. The Labute approximate surface area is 153 Å². The Balaban J connectivity index is 1.81.